The van der Waals surface area contributed by atoms with Gasteiger partial charge in [-0.15, -0.1) is 0 Å². The Bertz CT molecular complexity index is 754. The van der Waals surface area contributed by atoms with Gasteiger partial charge in [-0.2, -0.15) is 0 Å². The van der Waals surface area contributed by atoms with Gasteiger partial charge in [0.25, 0.3) is 0 Å². The number of hydrogen-bond acceptors (Lipinski definition) is 4. The molecular weight excluding hydrogens is 240 g/mol. The van der Waals surface area contributed by atoms with Gasteiger partial charge in [-0.3, -0.25) is 0 Å². The largest absolute Gasteiger partial charge is 0.441 e. The fourth-order valence-electron chi connectivity index (χ4n) is 2.37. The van der Waals surface area contributed by atoms with E-state index < -0.39 is 0 Å². The number of rotatable bonds is 2. The molecule has 3 rings (SSSR count). The second-order valence-corrected chi connectivity index (χ2v) is 4.63. The van der Waals surface area contributed by atoms with E-state index in [4.69, 9.17) is 10.2 Å². The number of oxazole rings is 1. The average Bonchev–Trinajstić information content (AvgIpc) is 2.88. The molecule has 0 aliphatic carbocycles. The van der Waals surface area contributed by atoms with Crippen LogP contribution in [0.15, 0.2) is 22.6 Å². The molecule has 0 spiro atoms. The molecule has 0 saturated heterocycles. The quantitative estimate of drug-likeness (QED) is 0.763. The van der Waals surface area contributed by atoms with Gasteiger partial charge in [-0.05, 0) is 25.1 Å². The molecule has 2 N–H and O–H groups in total. The lowest BCUT2D eigenvalue weighted by Crippen LogP contribution is -2.00. The summed E-state index contributed by atoms with van der Waals surface area (Å²) >= 11 is 0. The minimum atomic E-state index is 0.424. The fraction of sp³-hybridized carbons (Fsp3) is 0.286. The summed E-state index contributed by atoms with van der Waals surface area (Å²) in [4.78, 5) is 8.85. The van der Waals surface area contributed by atoms with E-state index in [1.807, 2.05) is 39.1 Å². The molecule has 0 bridgehead atoms. The van der Waals surface area contributed by atoms with Gasteiger partial charge in [-0.25, -0.2) is 9.97 Å². The van der Waals surface area contributed by atoms with E-state index in [1.165, 1.54) is 0 Å². The highest BCUT2D eigenvalue weighted by Gasteiger charge is 2.14. The van der Waals surface area contributed by atoms with Crippen molar-refractivity contribution in [3.8, 4) is 11.3 Å². The molecule has 98 valence electrons. The summed E-state index contributed by atoms with van der Waals surface area (Å²) in [6, 6.07) is 5.97. The van der Waals surface area contributed by atoms with Crippen LogP contribution in [0.2, 0.25) is 0 Å². The normalized spacial score (nSPS) is 11.4. The Morgan fingerprint density at radius 2 is 2.05 bits per heavy atom. The lowest BCUT2D eigenvalue weighted by atomic mass is 10.1. The summed E-state index contributed by atoms with van der Waals surface area (Å²) in [7, 11) is 2.00. The number of nitrogens with zero attached hydrogens (tertiary/aromatic N) is 3. The number of aromatic nitrogens is 3. The maximum absolute atomic E-state index is 5.78. The van der Waals surface area contributed by atoms with Crippen molar-refractivity contribution in [2.45, 2.75) is 20.4 Å². The van der Waals surface area contributed by atoms with Crippen LogP contribution in [0.3, 0.4) is 0 Å². The Hall–Kier alpha value is -2.14. The van der Waals surface area contributed by atoms with Gasteiger partial charge >= 0.3 is 0 Å². The van der Waals surface area contributed by atoms with Crippen molar-refractivity contribution < 1.29 is 4.42 Å². The van der Waals surface area contributed by atoms with Crippen LogP contribution >= 0.6 is 0 Å². The van der Waals surface area contributed by atoms with Crippen LogP contribution in [0.4, 0.5) is 0 Å². The van der Waals surface area contributed by atoms with Gasteiger partial charge in [0.2, 0.25) is 0 Å². The van der Waals surface area contributed by atoms with Crippen LogP contribution in [-0.4, -0.2) is 14.5 Å². The van der Waals surface area contributed by atoms with Crippen molar-refractivity contribution in [3.05, 3.63) is 35.6 Å². The van der Waals surface area contributed by atoms with Crippen LogP contribution in [0, 0.1) is 13.8 Å². The van der Waals surface area contributed by atoms with Crippen LogP contribution in [-0.2, 0) is 13.6 Å². The average molecular weight is 256 g/mol. The zero-order chi connectivity index (χ0) is 13.6. The Morgan fingerprint density at radius 3 is 2.79 bits per heavy atom. The number of benzene rings is 1. The van der Waals surface area contributed by atoms with Crippen LogP contribution in [0.25, 0.3) is 22.4 Å². The molecule has 0 unspecified atom stereocenters. The van der Waals surface area contributed by atoms with Gasteiger partial charge < -0.3 is 14.7 Å². The number of aryl methyl sites for hydroxylation is 2. The zero-order valence-corrected chi connectivity index (χ0v) is 11.3. The van der Waals surface area contributed by atoms with E-state index in [-0.39, 0.29) is 0 Å². The Kier molecular flexibility index (Phi) is 2.64. The number of imidazole rings is 1. The van der Waals surface area contributed by atoms with Gasteiger partial charge in [-0.1, -0.05) is 0 Å². The highest BCUT2D eigenvalue weighted by molar-refractivity contribution is 5.80. The molecule has 0 amide bonds. The number of fused-ring (bicyclic) bond motifs is 1. The Morgan fingerprint density at radius 1 is 1.26 bits per heavy atom. The van der Waals surface area contributed by atoms with E-state index in [1.54, 1.807) is 0 Å². The Labute approximate surface area is 111 Å². The van der Waals surface area contributed by atoms with Crippen molar-refractivity contribution in [2.75, 3.05) is 0 Å². The van der Waals surface area contributed by atoms with Gasteiger partial charge in [0, 0.05) is 26.1 Å². The fourth-order valence-corrected chi connectivity index (χ4v) is 2.37. The lowest BCUT2D eigenvalue weighted by molar-refractivity contribution is 0.561. The third kappa shape index (κ3) is 1.82. The van der Waals surface area contributed by atoms with Gasteiger partial charge in [0.05, 0.1) is 11.4 Å². The summed E-state index contributed by atoms with van der Waals surface area (Å²) in [5, 5.41) is 0. The molecule has 0 saturated carbocycles. The predicted molar refractivity (Wildman–Crippen MR) is 73.6 cm³/mol. The van der Waals surface area contributed by atoms with Crippen molar-refractivity contribution in [1.29, 1.82) is 0 Å². The van der Waals surface area contributed by atoms with Crippen LogP contribution in [0.1, 0.15) is 17.4 Å². The molecule has 2 heterocycles. The second-order valence-electron chi connectivity index (χ2n) is 4.63. The molecule has 5 nitrogen and oxygen atoms in total. The second kappa shape index (κ2) is 4.20. The topological polar surface area (TPSA) is 69.9 Å². The molecule has 5 heteroatoms. The summed E-state index contributed by atoms with van der Waals surface area (Å²) in [5.74, 6) is 1.62. The molecule has 0 atom stereocenters. The standard InChI is InChI=1S/C14H16N4O/c1-8-16-12(7-15)14(18(8)3)10-4-5-13-11(6-10)17-9(2)19-13/h4-6H,7,15H2,1-3H3. The first-order valence-corrected chi connectivity index (χ1v) is 6.20. The molecule has 1 aromatic carbocycles. The molecular formula is C14H16N4O. The number of nitrogens with two attached hydrogens (primary N) is 1. The van der Waals surface area contributed by atoms with Crippen molar-refractivity contribution >= 4 is 11.1 Å². The SMILES string of the molecule is Cc1nc2cc(-c3c(CN)nc(C)n3C)ccc2o1. The highest BCUT2D eigenvalue weighted by Crippen LogP contribution is 2.27. The molecule has 3 aromatic rings. The molecule has 19 heavy (non-hydrogen) atoms. The first-order chi connectivity index (χ1) is 9.10. The minimum absolute atomic E-state index is 0.424. The minimum Gasteiger partial charge on any atom is -0.441 e. The molecule has 0 radical (unpaired) electrons. The summed E-state index contributed by atoms with van der Waals surface area (Å²) in [5.41, 5.74) is 10.4. The Balaban J connectivity index is 2.23. The van der Waals surface area contributed by atoms with E-state index >= 15 is 0 Å². The smallest absolute Gasteiger partial charge is 0.192 e. The molecule has 0 fully saturated rings. The maximum atomic E-state index is 5.78. The first kappa shape index (κ1) is 11.9. The maximum Gasteiger partial charge on any atom is 0.192 e. The van der Waals surface area contributed by atoms with E-state index in [9.17, 15) is 0 Å². The van der Waals surface area contributed by atoms with E-state index in [2.05, 4.69) is 14.5 Å². The number of hydrogen-bond donors (Lipinski definition) is 1. The van der Waals surface area contributed by atoms with Gasteiger partial charge in [0.1, 0.15) is 11.3 Å². The van der Waals surface area contributed by atoms with Crippen LogP contribution < -0.4 is 5.73 Å². The van der Waals surface area contributed by atoms with Crippen molar-refractivity contribution in [2.24, 2.45) is 12.8 Å². The van der Waals surface area contributed by atoms with E-state index in [0.29, 0.717) is 12.4 Å². The molecule has 2 aromatic heterocycles. The molecule has 0 aliphatic heterocycles. The predicted octanol–water partition coefficient (Wildman–Crippen LogP) is 2.30. The highest BCUT2D eigenvalue weighted by atomic mass is 16.3. The molecule has 0 aliphatic rings. The third-order valence-corrected chi connectivity index (χ3v) is 3.35. The van der Waals surface area contributed by atoms with Crippen molar-refractivity contribution in [3.63, 3.8) is 0 Å². The third-order valence-electron chi connectivity index (χ3n) is 3.35. The first-order valence-electron chi connectivity index (χ1n) is 6.20. The lowest BCUT2D eigenvalue weighted by Gasteiger charge is -2.05. The zero-order valence-electron chi connectivity index (χ0n) is 11.3. The van der Waals surface area contributed by atoms with E-state index in [0.717, 1.165) is 33.9 Å². The monoisotopic (exact) mass is 256 g/mol. The van der Waals surface area contributed by atoms with Crippen LogP contribution in [0.5, 0.6) is 0 Å². The summed E-state index contributed by atoms with van der Waals surface area (Å²) in [6.45, 7) is 4.24. The van der Waals surface area contributed by atoms with Gasteiger partial charge in [0.15, 0.2) is 11.5 Å². The summed E-state index contributed by atoms with van der Waals surface area (Å²) in [6.07, 6.45) is 0. The van der Waals surface area contributed by atoms with Crippen molar-refractivity contribution in [1.82, 2.24) is 14.5 Å². The summed E-state index contributed by atoms with van der Waals surface area (Å²) < 4.78 is 7.54.